The summed E-state index contributed by atoms with van der Waals surface area (Å²) < 4.78 is 13.9. The van der Waals surface area contributed by atoms with Crippen molar-refractivity contribution in [3.63, 3.8) is 0 Å². The van der Waals surface area contributed by atoms with Crippen LogP contribution in [0.5, 0.6) is 5.75 Å². The number of nitrogens with zero attached hydrogens (tertiary/aromatic N) is 5. The van der Waals surface area contributed by atoms with E-state index in [0.29, 0.717) is 31.1 Å². The first-order valence-corrected chi connectivity index (χ1v) is 13.9. The predicted molar refractivity (Wildman–Crippen MR) is 141 cm³/mol. The number of hydrogen-bond donors (Lipinski definition) is 0. The van der Waals surface area contributed by atoms with Crippen LogP contribution in [0.1, 0.15) is 81.4 Å². The van der Waals surface area contributed by atoms with E-state index < -0.39 is 17.5 Å². The molecule has 3 aromatic heterocycles. The van der Waals surface area contributed by atoms with E-state index in [1.165, 1.54) is 0 Å². The summed E-state index contributed by atoms with van der Waals surface area (Å²) in [7, 11) is 0. The Bertz CT molecular complexity index is 1300. The maximum Gasteiger partial charge on any atom is 0.317 e. The third kappa shape index (κ3) is 5.42. The second-order valence-electron chi connectivity index (χ2n) is 10.8. The molecule has 2 aliphatic rings. The Hall–Kier alpha value is -3.36. The summed E-state index contributed by atoms with van der Waals surface area (Å²) in [5.74, 6) is 0.410. The number of rotatable bonds is 10. The number of aryl methyl sites for hydroxylation is 3. The van der Waals surface area contributed by atoms with Crippen LogP contribution < -0.4 is 4.74 Å². The lowest BCUT2D eigenvalue weighted by Gasteiger charge is -2.43. The molecule has 0 aromatic carbocycles. The molecule has 3 aromatic rings. The molecule has 202 valence electrons. The summed E-state index contributed by atoms with van der Waals surface area (Å²) in [6, 6.07) is 2.09. The van der Waals surface area contributed by atoms with Gasteiger partial charge in [-0.05, 0) is 68.6 Å². The van der Waals surface area contributed by atoms with Crippen LogP contribution in [0.3, 0.4) is 0 Å². The monoisotopic (exact) mass is 519 g/mol. The Morgan fingerprint density at radius 1 is 1.16 bits per heavy atom. The number of esters is 1. The van der Waals surface area contributed by atoms with Gasteiger partial charge >= 0.3 is 5.97 Å². The van der Waals surface area contributed by atoms with Crippen molar-refractivity contribution in [3.05, 3.63) is 47.3 Å². The molecular formula is C29H37N5O4. The van der Waals surface area contributed by atoms with Crippen molar-refractivity contribution < 1.29 is 19.1 Å². The number of carbonyl (C=O) groups is 2. The van der Waals surface area contributed by atoms with Crippen LogP contribution >= 0.6 is 0 Å². The van der Waals surface area contributed by atoms with E-state index in [1.807, 2.05) is 13.1 Å². The second-order valence-corrected chi connectivity index (χ2v) is 10.8. The molecule has 5 rings (SSSR count). The normalized spacial score (nSPS) is 22.2. The van der Waals surface area contributed by atoms with E-state index in [9.17, 15) is 9.59 Å². The number of cyclic esters (lactones) is 1. The number of fused-ring (bicyclic) bond motifs is 1. The van der Waals surface area contributed by atoms with Crippen LogP contribution in [0.4, 0.5) is 0 Å². The molecule has 1 aliphatic heterocycles. The van der Waals surface area contributed by atoms with Crippen LogP contribution in [-0.4, -0.2) is 48.5 Å². The Labute approximate surface area is 223 Å². The van der Waals surface area contributed by atoms with Crippen molar-refractivity contribution in [1.29, 1.82) is 0 Å². The summed E-state index contributed by atoms with van der Waals surface area (Å²) in [6.07, 6.45) is 12.8. The molecule has 2 atom stereocenters. The molecule has 2 fully saturated rings. The van der Waals surface area contributed by atoms with Gasteiger partial charge in [0, 0.05) is 30.9 Å². The zero-order valence-electron chi connectivity index (χ0n) is 22.6. The molecule has 1 aliphatic carbocycles. The van der Waals surface area contributed by atoms with Gasteiger partial charge in [-0.15, -0.1) is 5.10 Å². The molecule has 38 heavy (non-hydrogen) atoms. The van der Waals surface area contributed by atoms with Gasteiger partial charge in [-0.25, -0.2) is 9.50 Å². The maximum atomic E-state index is 13.6. The van der Waals surface area contributed by atoms with Gasteiger partial charge in [0.05, 0.1) is 12.8 Å². The SMILES string of the molecule is CCCOc1cnc(CC)cc1CCC1(C2CCCC2)CC(=O)C(Cc2nc3ncc(C)cn3n2)C(=O)O1. The van der Waals surface area contributed by atoms with E-state index in [2.05, 4.69) is 40.0 Å². The highest BCUT2D eigenvalue weighted by Crippen LogP contribution is 2.45. The molecule has 0 radical (unpaired) electrons. The fourth-order valence-corrected chi connectivity index (χ4v) is 5.88. The average Bonchev–Trinajstić information content (AvgIpc) is 3.59. The minimum Gasteiger partial charge on any atom is -0.492 e. The lowest BCUT2D eigenvalue weighted by atomic mass is 9.73. The first-order valence-electron chi connectivity index (χ1n) is 13.9. The Morgan fingerprint density at radius 3 is 2.71 bits per heavy atom. The van der Waals surface area contributed by atoms with Crippen molar-refractivity contribution in [2.24, 2.45) is 11.8 Å². The third-order valence-electron chi connectivity index (χ3n) is 7.95. The number of ketones is 1. The van der Waals surface area contributed by atoms with Crippen LogP contribution in [0, 0.1) is 18.8 Å². The van der Waals surface area contributed by atoms with E-state index >= 15 is 0 Å². The topological polar surface area (TPSA) is 109 Å². The predicted octanol–water partition coefficient (Wildman–Crippen LogP) is 4.42. The van der Waals surface area contributed by atoms with Gasteiger partial charge < -0.3 is 9.47 Å². The Balaban J connectivity index is 1.36. The molecule has 4 heterocycles. The van der Waals surface area contributed by atoms with Crippen LogP contribution in [0.25, 0.3) is 5.78 Å². The third-order valence-corrected chi connectivity index (χ3v) is 7.95. The molecule has 0 bridgehead atoms. The van der Waals surface area contributed by atoms with Gasteiger partial charge in [0.1, 0.15) is 17.3 Å². The quantitative estimate of drug-likeness (QED) is 0.286. The van der Waals surface area contributed by atoms with Gasteiger partial charge in [-0.1, -0.05) is 26.7 Å². The van der Waals surface area contributed by atoms with Crippen LogP contribution in [0.2, 0.25) is 0 Å². The lowest BCUT2D eigenvalue weighted by Crippen LogP contribution is -2.52. The number of carbonyl (C=O) groups excluding carboxylic acids is 2. The molecule has 0 amide bonds. The van der Waals surface area contributed by atoms with E-state index in [4.69, 9.17) is 9.47 Å². The molecule has 1 saturated heterocycles. The first-order chi connectivity index (χ1) is 18.4. The van der Waals surface area contributed by atoms with Crippen molar-refractivity contribution in [2.75, 3.05) is 6.61 Å². The highest BCUT2D eigenvalue weighted by Gasteiger charge is 2.51. The second kappa shape index (κ2) is 11.2. The summed E-state index contributed by atoms with van der Waals surface area (Å²) in [5.41, 5.74) is 2.22. The highest BCUT2D eigenvalue weighted by molar-refractivity contribution is 6.01. The van der Waals surface area contributed by atoms with Gasteiger partial charge in [-0.2, -0.15) is 4.98 Å². The summed E-state index contributed by atoms with van der Waals surface area (Å²) in [4.78, 5) is 40.2. The summed E-state index contributed by atoms with van der Waals surface area (Å²) in [5, 5.41) is 4.44. The number of hydrogen-bond acceptors (Lipinski definition) is 8. The standard InChI is InChI=1S/C29H37N5O4/c1-4-12-37-25-17-30-22(5-2)13-20(25)10-11-29(21-8-6-7-9-21)15-24(35)23(27(36)38-29)14-26-32-28-31-16-19(3)18-34(28)33-26/h13,16-18,21,23H,4-12,14-15H2,1-3H3. The molecular weight excluding hydrogens is 482 g/mol. The number of Topliss-reactive ketones (excluding diaryl/α,β-unsaturated/α-hetero) is 1. The molecule has 0 N–H and O–H groups in total. The number of aromatic nitrogens is 5. The average molecular weight is 520 g/mol. The summed E-state index contributed by atoms with van der Waals surface area (Å²) >= 11 is 0. The van der Waals surface area contributed by atoms with Gasteiger partial charge in [0.25, 0.3) is 5.78 Å². The van der Waals surface area contributed by atoms with Crippen molar-refractivity contribution >= 4 is 17.5 Å². The minimum atomic E-state index is -0.890. The molecule has 9 nitrogen and oxygen atoms in total. The zero-order valence-corrected chi connectivity index (χ0v) is 22.6. The largest absolute Gasteiger partial charge is 0.492 e. The maximum absolute atomic E-state index is 13.6. The van der Waals surface area contributed by atoms with Gasteiger partial charge in [0.2, 0.25) is 0 Å². The molecule has 1 saturated carbocycles. The van der Waals surface area contributed by atoms with Gasteiger partial charge in [0.15, 0.2) is 11.6 Å². The Kier molecular flexibility index (Phi) is 7.72. The van der Waals surface area contributed by atoms with Crippen LogP contribution in [-0.2, 0) is 33.6 Å². The van der Waals surface area contributed by atoms with Crippen molar-refractivity contribution in [2.45, 2.75) is 90.6 Å². The van der Waals surface area contributed by atoms with Gasteiger partial charge in [-0.3, -0.25) is 14.6 Å². The fourth-order valence-electron chi connectivity index (χ4n) is 5.88. The number of ether oxygens (including phenoxy) is 2. The van der Waals surface area contributed by atoms with Crippen molar-refractivity contribution in [1.82, 2.24) is 24.6 Å². The lowest BCUT2D eigenvalue weighted by molar-refractivity contribution is -0.185. The van der Waals surface area contributed by atoms with Crippen molar-refractivity contribution in [3.8, 4) is 5.75 Å². The first kappa shape index (κ1) is 26.3. The minimum absolute atomic E-state index is 0.0809. The zero-order chi connectivity index (χ0) is 26.7. The smallest absolute Gasteiger partial charge is 0.317 e. The highest BCUT2D eigenvalue weighted by atomic mass is 16.6. The Morgan fingerprint density at radius 2 is 1.97 bits per heavy atom. The fraction of sp³-hybridized carbons (Fsp3) is 0.586. The molecule has 9 heteroatoms. The summed E-state index contributed by atoms with van der Waals surface area (Å²) in [6.45, 7) is 6.70. The van der Waals surface area contributed by atoms with Crippen LogP contribution in [0.15, 0.2) is 24.7 Å². The number of pyridine rings is 1. The van der Waals surface area contributed by atoms with E-state index in [-0.39, 0.29) is 24.5 Å². The van der Waals surface area contributed by atoms with E-state index in [0.717, 1.165) is 61.1 Å². The molecule has 2 unspecified atom stereocenters. The molecule has 0 spiro atoms. The van der Waals surface area contributed by atoms with E-state index in [1.54, 1.807) is 16.9 Å².